The summed E-state index contributed by atoms with van der Waals surface area (Å²) in [7, 11) is 0. The summed E-state index contributed by atoms with van der Waals surface area (Å²) < 4.78 is 12.6. The van der Waals surface area contributed by atoms with Gasteiger partial charge < -0.3 is 24.6 Å². The molecule has 2 atom stereocenters. The minimum absolute atomic E-state index is 0.00273. The Labute approximate surface area is 232 Å². The molecule has 1 aromatic carbocycles. The zero-order valence-corrected chi connectivity index (χ0v) is 22.4. The van der Waals surface area contributed by atoms with Crippen LogP contribution in [0.5, 0.6) is 5.75 Å². The van der Waals surface area contributed by atoms with Crippen molar-refractivity contribution in [2.45, 2.75) is 31.7 Å². The van der Waals surface area contributed by atoms with E-state index in [1.165, 1.54) is 11.2 Å². The van der Waals surface area contributed by atoms with Gasteiger partial charge in [-0.25, -0.2) is 9.78 Å². The fraction of sp³-hybridized carbons (Fsp3) is 0.556. The lowest BCUT2D eigenvalue weighted by atomic mass is 9.88. The van der Waals surface area contributed by atoms with Crippen LogP contribution in [0.25, 0.3) is 0 Å². The van der Waals surface area contributed by atoms with Crippen LogP contribution in [0.4, 0.5) is 4.79 Å². The number of fused-ring (bicyclic) bond motifs is 4. The van der Waals surface area contributed by atoms with Gasteiger partial charge in [0.15, 0.2) is 0 Å². The fourth-order valence-corrected chi connectivity index (χ4v) is 5.43. The van der Waals surface area contributed by atoms with Crippen LogP contribution in [0.15, 0.2) is 36.9 Å². The quantitative estimate of drug-likeness (QED) is 0.545. The molecule has 0 radical (unpaired) electrons. The molecule has 5 rings (SSSR count). The maximum absolute atomic E-state index is 13.4. The highest BCUT2D eigenvalue weighted by Gasteiger charge is 2.40. The van der Waals surface area contributed by atoms with Gasteiger partial charge in [-0.3, -0.25) is 24.0 Å². The number of carbonyl (C=O) groups is 4. The first kappa shape index (κ1) is 27.4. The second-order valence-corrected chi connectivity index (χ2v) is 10.3. The molecule has 1 N–H and O–H groups in total. The number of benzene rings is 1. The van der Waals surface area contributed by atoms with E-state index >= 15 is 0 Å². The van der Waals surface area contributed by atoms with E-state index in [0.717, 1.165) is 5.56 Å². The number of amides is 4. The van der Waals surface area contributed by atoms with E-state index in [2.05, 4.69) is 15.4 Å². The Morgan fingerprint density at radius 2 is 1.88 bits per heavy atom. The topological polar surface area (TPSA) is 139 Å². The van der Waals surface area contributed by atoms with Crippen molar-refractivity contribution in [2.75, 3.05) is 59.0 Å². The molecule has 4 heterocycles. The molecule has 214 valence electrons. The van der Waals surface area contributed by atoms with E-state index in [4.69, 9.17) is 9.47 Å². The van der Waals surface area contributed by atoms with Crippen molar-refractivity contribution < 1.29 is 28.7 Å². The molecular formula is C27H35N7O6. The molecule has 3 aliphatic rings. The van der Waals surface area contributed by atoms with Gasteiger partial charge in [-0.1, -0.05) is 12.1 Å². The van der Waals surface area contributed by atoms with Gasteiger partial charge in [-0.05, 0) is 30.5 Å². The van der Waals surface area contributed by atoms with Gasteiger partial charge in [0, 0.05) is 51.6 Å². The summed E-state index contributed by atoms with van der Waals surface area (Å²) in [5.41, 5.74) is 0.960. The Hall–Kier alpha value is -4.16. The maximum atomic E-state index is 13.4. The highest BCUT2D eigenvalue weighted by molar-refractivity contribution is 5.84. The normalized spacial score (nSPS) is 21.8. The molecule has 0 spiro atoms. The summed E-state index contributed by atoms with van der Waals surface area (Å²) >= 11 is 0. The lowest BCUT2D eigenvalue weighted by molar-refractivity contribution is -0.133. The number of rotatable bonds is 6. The Morgan fingerprint density at radius 3 is 2.67 bits per heavy atom. The summed E-state index contributed by atoms with van der Waals surface area (Å²) in [6.07, 6.45) is 4.17. The van der Waals surface area contributed by atoms with E-state index < -0.39 is 12.0 Å². The predicted molar refractivity (Wildman–Crippen MR) is 141 cm³/mol. The Kier molecular flexibility index (Phi) is 8.77. The molecule has 0 aliphatic carbocycles. The number of ether oxygens (including phenoxy) is 2. The minimum Gasteiger partial charge on any atom is -0.494 e. The predicted octanol–water partition coefficient (Wildman–Crippen LogP) is 0.480. The first-order chi connectivity index (χ1) is 19.5. The van der Waals surface area contributed by atoms with Crippen molar-refractivity contribution >= 4 is 23.8 Å². The SMILES string of the molecule is O=C1NCCN(C(=O)CN2CCOC2=O)CCCOc2cccc(c2)[C@H]2CN(C(=O)CCCn3cncn3)C[C@H]12. The van der Waals surface area contributed by atoms with Gasteiger partial charge in [0.25, 0.3) is 0 Å². The summed E-state index contributed by atoms with van der Waals surface area (Å²) in [6, 6.07) is 7.69. The van der Waals surface area contributed by atoms with Crippen molar-refractivity contribution in [1.29, 1.82) is 0 Å². The number of hydrogen-bond acceptors (Lipinski definition) is 8. The second-order valence-electron chi connectivity index (χ2n) is 10.3. The standard InChI is InChI=1S/C27H35N7O6/c35-24(6-2-9-34-19-28-18-30-34)33-15-22-20-4-1-5-21(14-20)39-12-3-8-31(10-7-29-26(37)23(22)16-33)25(36)17-32-11-13-40-27(32)38/h1,4-5,14,18-19,22-23H,2-3,6-13,15-17H2,(H,29,37)/t22-,23+/m1/s1. The van der Waals surface area contributed by atoms with Crippen molar-refractivity contribution in [3.8, 4) is 5.75 Å². The third-order valence-corrected chi connectivity index (χ3v) is 7.59. The zero-order valence-electron chi connectivity index (χ0n) is 22.4. The largest absolute Gasteiger partial charge is 0.494 e. The highest BCUT2D eigenvalue weighted by atomic mass is 16.6. The van der Waals surface area contributed by atoms with Gasteiger partial charge in [0.05, 0.1) is 19.1 Å². The van der Waals surface area contributed by atoms with E-state index in [1.807, 2.05) is 24.3 Å². The molecule has 2 fully saturated rings. The van der Waals surface area contributed by atoms with Crippen molar-refractivity contribution in [1.82, 2.24) is 34.8 Å². The molecule has 0 unspecified atom stereocenters. The zero-order chi connectivity index (χ0) is 27.9. The minimum atomic E-state index is -0.489. The van der Waals surface area contributed by atoms with Gasteiger partial charge in [0.2, 0.25) is 17.7 Å². The lowest BCUT2D eigenvalue weighted by Crippen LogP contribution is -2.45. The molecule has 1 aromatic heterocycles. The molecule has 13 heteroatoms. The Morgan fingerprint density at radius 1 is 1.00 bits per heavy atom. The van der Waals surface area contributed by atoms with E-state index in [9.17, 15) is 19.2 Å². The van der Waals surface area contributed by atoms with Gasteiger partial charge in [-0.2, -0.15) is 5.10 Å². The lowest BCUT2D eigenvalue weighted by Gasteiger charge is -2.26. The summed E-state index contributed by atoms with van der Waals surface area (Å²) in [6.45, 7) is 3.38. The molecule has 40 heavy (non-hydrogen) atoms. The van der Waals surface area contributed by atoms with Crippen molar-refractivity contribution in [2.24, 2.45) is 5.92 Å². The Balaban J connectivity index is 1.25. The third kappa shape index (κ3) is 6.69. The molecule has 4 amide bonds. The van der Waals surface area contributed by atoms with Crippen molar-refractivity contribution in [3.63, 3.8) is 0 Å². The average Bonchev–Trinajstić information content (AvgIpc) is 3.72. The summed E-state index contributed by atoms with van der Waals surface area (Å²) in [5, 5.41) is 7.07. The van der Waals surface area contributed by atoms with Crippen LogP contribution in [-0.4, -0.2) is 112 Å². The first-order valence-electron chi connectivity index (χ1n) is 13.8. The molecule has 2 aromatic rings. The van der Waals surface area contributed by atoms with Crippen LogP contribution in [-0.2, 0) is 25.7 Å². The fourth-order valence-electron chi connectivity index (χ4n) is 5.43. The van der Waals surface area contributed by atoms with E-state index in [-0.39, 0.29) is 43.3 Å². The summed E-state index contributed by atoms with van der Waals surface area (Å²) in [4.78, 5) is 60.0. The van der Waals surface area contributed by atoms with E-state index in [1.54, 1.807) is 20.8 Å². The van der Waals surface area contributed by atoms with Crippen LogP contribution in [0.3, 0.4) is 0 Å². The number of carbonyl (C=O) groups excluding carboxylic acids is 4. The molecule has 2 saturated heterocycles. The third-order valence-electron chi connectivity index (χ3n) is 7.59. The molecular weight excluding hydrogens is 518 g/mol. The number of hydrogen-bond donors (Lipinski definition) is 1. The van der Waals surface area contributed by atoms with E-state index in [0.29, 0.717) is 70.9 Å². The number of aromatic nitrogens is 3. The molecule has 2 bridgehead atoms. The monoisotopic (exact) mass is 553 g/mol. The molecule has 0 saturated carbocycles. The number of nitrogens with one attached hydrogen (secondary N) is 1. The molecule has 13 nitrogen and oxygen atoms in total. The summed E-state index contributed by atoms with van der Waals surface area (Å²) in [5.74, 6) is -0.275. The molecule has 3 aliphatic heterocycles. The number of likely N-dealkylation sites (tertiary alicyclic amines) is 1. The van der Waals surface area contributed by atoms with Crippen LogP contribution in [0, 0.1) is 5.92 Å². The first-order valence-corrected chi connectivity index (χ1v) is 13.8. The van der Waals surface area contributed by atoms with Crippen LogP contribution in [0.1, 0.15) is 30.7 Å². The Bertz CT molecular complexity index is 1210. The maximum Gasteiger partial charge on any atom is 0.410 e. The average molecular weight is 554 g/mol. The van der Waals surface area contributed by atoms with Crippen LogP contribution < -0.4 is 10.1 Å². The number of nitrogens with zero attached hydrogens (tertiary/aromatic N) is 6. The van der Waals surface area contributed by atoms with Gasteiger partial charge >= 0.3 is 6.09 Å². The number of cyclic esters (lactones) is 1. The van der Waals surface area contributed by atoms with Gasteiger partial charge in [0.1, 0.15) is 31.6 Å². The highest BCUT2D eigenvalue weighted by Crippen LogP contribution is 2.35. The number of aryl methyl sites for hydroxylation is 1. The van der Waals surface area contributed by atoms with Gasteiger partial charge in [-0.15, -0.1) is 0 Å². The smallest absolute Gasteiger partial charge is 0.410 e. The second kappa shape index (κ2) is 12.8. The van der Waals surface area contributed by atoms with Crippen LogP contribution >= 0.6 is 0 Å². The van der Waals surface area contributed by atoms with Crippen LogP contribution in [0.2, 0.25) is 0 Å². The van der Waals surface area contributed by atoms with Crippen molar-refractivity contribution in [3.05, 3.63) is 42.5 Å².